The number of aromatic amines is 2. The molecule has 0 atom stereocenters. The average Bonchev–Trinajstić information content (AvgIpc) is 2.86. The third-order valence-corrected chi connectivity index (χ3v) is 8.43. The zero-order valence-corrected chi connectivity index (χ0v) is 20.5. The first-order valence-electron chi connectivity index (χ1n) is 10.8. The molecule has 0 radical (unpaired) electrons. The minimum Gasteiger partial charge on any atom is -0.353 e. The van der Waals surface area contributed by atoms with Gasteiger partial charge < -0.3 is 9.97 Å². The second kappa shape index (κ2) is 6.14. The molecule has 0 aliphatic rings. The van der Waals surface area contributed by atoms with E-state index in [9.17, 15) is 9.59 Å². The Hall–Kier alpha value is -3.48. The van der Waals surface area contributed by atoms with E-state index in [4.69, 9.17) is 0 Å². The molecule has 160 valence electrons. The molecule has 0 saturated carbocycles. The molecule has 4 nitrogen and oxygen atoms in total. The van der Waals surface area contributed by atoms with Crippen LogP contribution in [0.1, 0.15) is 0 Å². The molecular formula is C28H12Br2N2O2. The van der Waals surface area contributed by atoms with Crippen molar-refractivity contribution >= 4 is 108 Å². The lowest BCUT2D eigenvalue weighted by Gasteiger charge is -2.20. The highest BCUT2D eigenvalue weighted by molar-refractivity contribution is 9.11. The molecule has 8 aromatic rings. The maximum atomic E-state index is 13.6. The summed E-state index contributed by atoms with van der Waals surface area (Å²) in [7, 11) is 0. The first-order chi connectivity index (χ1) is 16.5. The van der Waals surface area contributed by atoms with E-state index in [0.29, 0.717) is 21.5 Å². The van der Waals surface area contributed by atoms with Crippen LogP contribution in [-0.4, -0.2) is 9.97 Å². The zero-order valence-electron chi connectivity index (χ0n) is 17.3. The van der Waals surface area contributed by atoms with Crippen molar-refractivity contribution in [1.29, 1.82) is 0 Å². The maximum Gasteiger partial charge on any atom is 0.194 e. The topological polar surface area (TPSA) is 65.7 Å². The lowest BCUT2D eigenvalue weighted by molar-refractivity contribution is 1.48. The number of pyridine rings is 2. The first kappa shape index (κ1) is 18.9. The van der Waals surface area contributed by atoms with Crippen LogP contribution < -0.4 is 10.9 Å². The van der Waals surface area contributed by atoms with Crippen molar-refractivity contribution in [1.82, 2.24) is 9.97 Å². The van der Waals surface area contributed by atoms with Crippen molar-refractivity contribution in [3.63, 3.8) is 0 Å². The number of aromatic nitrogens is 2. The van der Waals surface area contributed by atoms with Gasteiger partial charge in [0.15, 0.2) is 10.9 Å². The number of fused-ring (bicyclic) bond motifs is 4. The molecule has 0 fully saturated rings. The van der Waals surface area contributed by atoms with Crippen molar-refractivity contribution in [3.05, 3.63) is 90.1 Å². The molecule has 0 amide bonds. The molecule has 2 aromatic heterocycles. The third-order valence-electron chi connectivity index (χ3n) is 7.18. The standard InChI is InChI=1S/C28H12Br2N2O2/c29-17-10-16-20-22-21-19-15(27(33)13-7-3-1-5-11(13)23(19)31-25(17)22)9-18(30)26(21)32-24(20)12-6-2-4-8-14(12)28(16)34/h1-10,31-32H. The molecular weight excluding hydrogens is 556 g/mol. The van der Waals surface area contributed by atoms with E-state index in [2.05, 4.69) is 41.8 Å². The summed E-state index contributed by atoms with van der Waals surface area (Å²) in [6.45, 7) is 0. The van der Waals surface area contributed by atoms with E-state index in [0.717, 1.165) is 63.3 Å². The number of rotatable bonds is 0. The Morgan fingerprint density at radius 3 is 1.26 bits per heavy atom. The summed E-state index contributed by atoms with van der Waals surface area (Å²) in [6, 6.07) is 19.2. The molecule has 0 unspecified atom stereocenters. The van der Waals surface area contributed by atoms with E-state index < -0.39 is 0 Å². The fourth-order valence-electron chi connectivity index (χ4n) is 5.79. The lowest BCUT2D eigenvalue weighted by atomic mass is 9.90. The number of benzene rings is 6. The fraction of sp³-hybridized carbons (Fsp3) is 0. The zero-order chi connectivity index (χ0) is 22.9. The van der Waals surface area contributed by atoms with Crippen LogP contribution in [0.2, 0.25) is 0 Å². The van der Waals surface area contributed by atoms with Gasteiger partial charge in [0.1, 0.15) is 0 Å². The molecule has 2 heterocycles. The Balaban J connectivity index is 1.85. The molecule has 0 saturated heterocycles. The van der Waals surface area contributed by atoms with E-state index >= 15 is 0 Å². The summed E-state index contributed by atoms with van der Waals surface area (Å²) < 4.78 is 1.63. The van der Waals surface area contributed by atoms with Crippen LogP contribution in [0.3, 0.4) is 0 Å². The Bertz CT molecular complexity index is 2130. The van der Waals surface area contributed by atoms with Crippen molar-refractivity contribution < 1.29 is 0 Å². The number of hydrogen-bond acceptors (Lipinski definition) is 2. The number of hydrogen-bond donors (Lipinski definition) is 2. The number of halogens is 2. The van der Waals surface area contributed by atoms with Gasteiger partial charge in [-0.15, -0.1) is 0 Å². The highest BCUT2D eigenvalue weighted by Crippen LogP contribution is 2.46. The largest absolute Gasteiger partial charge is 0.353 e. The van der Waals surface area contributed by atoms with Crippen LogP contribution in [0.15, 0.2) is 79.2 Å². The normalized spacial score (nSPS) is 12.6. The second-order valence-electron chi connectivity index (χ2n) is 8.81. The number of H-pyrrole nitrogens is 2. The van der Waals surface area contributed by atoms with Gasteiger partial charge in [0.2, 0.25) is 0 Å². The van der Waals surface area contributed by atoms with Crippen LogP contribution in [0.25, 0.3) is 75.9 Å². The summed E-state index contributed by atoms with van der Waals surface area (Å²) in [5.74, 6) is 0. The predicted molar refractivity (Wildman–Crippen MR) is 148 cm³/mol. The summed E-state index contributed by atoms with van der Waals surface area (Å²) in [5, 5.41) is 8.10. The van der Waals surface area contributed by atoms with Crippen LogP contribution in [0.4, 0.5) is 0 Å². The second-order valence-corrected chi connectivity index (χ2v) is 10.5. The van der Waals surface area contributed by atoms with Crippen LogP contribution >= 0.6 is 31.9 Å². The van der Waals surface area contributed by atoms with Gasteiger partial charge in [-0.05, 0) is 44.0 Å². The van der Waals surface area contributed by atoms with Gasteiger partial charge in [0.05, 0.1) is 22.1 Å². The maximum absolute atomic E-state index is 13.6. The first-order valence-corrected chi connectivity index (χ1v) is 12.4. The minimum atomic E-state index is 0.00293. The van der Waals surface area contributed by atoms with Crippen molar-refractivity contribution in [2.24, 2.45) is 0 Å². The van der Waals surface area contributed by atoms with E-state index in [-0.39, 0.29) is 10.9 Å². The summed E-state index contributed by atoms with van der Waals surface area (Å²) in [6.07, 6.45) is 0. The van der Waals surface area contributed by atoms with Crippen molar-refractivity contribution in [3.8, 4) is 0 Å². The van der Waals surface area contributed by atoms with E-state index in [1.54, 1.807) is 0 Å². The van der Waals surface area contributed by atoms with E-state index in [1.807, 2.05) is 60.7 Å². The predicted octanol–water partition coefficient (Wildman–Crippen LogP) is 7.54. The Labute approximate surface area is 207 Å². The van der Waals surface area contributed by atoms with Crippen molar-refractivity contribution in [2.75, 3.05) is 0 Å². The third kappa shape index (κ3) is 2.06. The molecule has 2 N–H and O–H groups in total. The monoisotopic (exact) mass is 566 g/mol. The van der Waals surface area contributed by atoms with Gasteiger partial charge in [-0.3, -0.25) is 9.59 Å². The number of nitrogens with one attached hydrogen (secondary N) is 2. The summed E-state index contributed by atoms with van der Waals surface area (Å²) in [5.41, 5.74) is 3.64. The molecule has 34 heavy (non-hydrogen) atoms. The molecule has 0 bridgehead atoms. The van der Waals surface area contributed by atoms with Gasteiger partial charge in [0, 0.05) is 62.8 Å². The molecule has 6 aromatic carbocycles. The Kier molecular flexibility index (Phi) is 3.41. The molecule has 0 spiro atoms. The highest BCUT2D eigenvalue weighted by Gasteiger charge is 2.24. The molecule has 0 aliphatic heterocycles. The SMILES string of the molecule is O=c1c2ccccc2c2[nH]c3c(Br)cc4c(=O)c5ccccc5c5[nH]c6c(Br)cc1c2c6c3c45. The summed E-state index contributed by atoms with van der Waals surface area (Å²) in [4.78, 5) is 34.4. The van der Waals surface area contributed by atoms with Crippen LogP contribution in [0.5, 0.6) is 0 Å². The van der Waals surface area contributed by atoms with Gasteiger partial charge in [-0.1, -0.05) is 48.5 Å². The van der Waals surface area contributed by atoms with E-state index in [1.165, 1.54) is 0 Å². The van der Waals surface area contributed by atoms with Crippen LogP contribution in [0, 0.1) is 0 Å². The molecule has 0 aliphatic carbocycles. The van der Waals surface area contributed by atoms with Crippen LogP contribution in [-0.2, 0) is 0 Å². The highest BCUT2D eigenvalue weighted by atomic mass is 79.9. The minimum absolute atomic E-state index is 0.00293. The average molecular weight is 568 g/mol. The van der Waals surface area contributed by atoms with Crippen molar-refractivity contribution in [2.45, 2.75) is 0 Å². The lowest BCUT2D eigenvalue weighted by Crippen LogP contribution is -2.08. The van der Waals surface area contributed by atoms with Gasteiger partial charge in [-0.2, -0.15) is 0 Å². The fourth-order valence-corrected chi connectivity index (χ4v) is 6.84. The smallest absolute Gasteiger partial charge is 0.194 e. The molecule has 6 heteroatoms. The van der Waals surface area contributed by atoms with Gasteiger partial charge in [0.25, 0.3) is 0 Å². The quantitative estimate of drug-likeness (QED) is 0.147. The Morgan fingerprint density at radius 1 is 0.471 bits per heavy atom. The van der Waals surface area contributed by atoms with Gasteiger partial charge >= 0.3 is 0 Å². The summed E-state index contributed by atoms with van der Waals surface area (Å²) >= 11 is 7.49. The molecule has 8 rings (SSSR count). The van der Waals surface area contributed by atoms with Gasteiger partial charge in [-0.25, -0.2) is 0 Å². The Morgan fingerprint density at radius 2 is 0.853 bits per heavy atom.